The molecule has 5 heteroatoms. The molecule has 108 valence electrons. The van der Waals surface area contributed by atoms with E-state index in [1.54, 1.807) is 0 Å². The predicted octanol–water partition coefficient (Wildman–Crippen LogP) is 1.23. The van der Waals surface area contributed by atoms with E-state index in [1.165, 1.54) is 12.8 Å². The first kappa shape index (κ1) is 14.3. The summed E-state index contributed by atoms with van der Waals surface area (Å²) in [5.41, 5.74) is 0. The molecule has 2 aliphatic rings. The smallest absolute Gasteiger partial charge is 0.321 e. The number of nitrogens with one attached hydrogen (secondary N) is 1. The fourth-order valence-electron chi connectivity index (χ4n) is 3.38. The number of hydrogen-bond acceptors (Lipinski definition) is 3. The topological polar surface area (TPSA) is 69.6 Å². The molecular weight excluding hydrogens is 244 g/mol. The standard InChI is InChI=1S/C14H24N2O3/c1-10-5-4-8-16(13(10)14(18)19)9-12(17)15-11-6-2-3-7-11/h10-11,13H,2-9H2,1H3,(H,15,17)(H,18,19). The maximum atomic E-state index is 12.0. The van der Waals surface area contributed by atoms with Crippen LogP contribution in [0.4, 0.5) is 0 Å². The number of amides is 1. The third-order valence-electron chi connectivity index (χ3n) is 4.36. The summed E-state index contributed by atoms with van der Waals surface area (Å²) in [6.07, 6.45) is 6.39. The molecule has 1 amide bonds. The van der Waals surface area contributed by atoms with Crippen LogP contribution in [0.15, 0.2) is 0 Å². The zero-order chi connectivity index (χ0) is 13.8. The average molecular weight is 268 g/mol. The summed E-state index contributed by atoms with van der Waals surface area (Å²) >= 11 is 0. The van der Waals surface area contributed by atoms with E-state index in [0.717, 1.165) is 25.7 Å². The first-order valence-electron chi connectivity index (χ1n) is 7.34. The molecule has 2 unspecified atom stereocenters. The number of aliphatic carboxylic acids is 1. The predicted molar refractivity (Wildman–Crippen MR) is 71.8 cm³/mol. The lowest BCUT2D eigenvalue weighted by atomic mass is 9.91. The first-order chi connectivity index (χ1) is 9.08. The Labute approximate surface area is 114 Å². The van der Waals surface area contributed by atoms with E-state index >= 15 is 0 Å². The van der Waals surface area contributed by atoms with Crippen molar-refractivity contribution in [1.29, 1.82) is 0 Å². The van der Waals surface area contributed by atoms with Crippen LogP contribution in [0.3, 0.4) is 0 Å². The Kier molecular flexibility index (Phi) is 4.80. The maximum absolute atomic E-state index is 12.0. The third-order valence-corrected chi connectivity index (χ3v) is 4.36. The first-order valence-corrected chi connectivity index (χ1v) is 7.34. The number of piperidine rings is 1. The summed E-state index contributed by atoms with van der Waals surface area (Å²) in [5.74, 6) is -0.710. The fourth-order valence-corrected chi connectivity index (χ4v) is 3.38. The minimum absolute atomic E-state index is 0.0211. The number of carboxylic acid groups (broad SMARTS) is 1. The lowest BCUT2D eigenvalue weighted by Gasteiger charge is -2.36. The van der Waals surface area contributed by atoms with Crippen LogP contribution in [0.2, 0.25) is 0 Å². The monoisotopic (exact) mass is 268 g/mol. The third kappa shape index (κ3) is 3.69. The highest BCUT2D eigenvalue weighted by molar-refractivity contribution is 5.80. The summed E-state index contributed by atoms with van der Waals surface area (Å²) in [6.45, 7) is 2.89. The summed E-state index contributed by atoms with van der Waals surface area (Å²) in [4.78, 5) is 25.1. The van der Waals surface area contributed by atoms with E-state index in [1.807, 2.05) is 11.8 Å². The Morgan fingerprint density at radius 2 is 1.89 bits per heavy atom. The maximum Gasteiger partial charge on any atom is 0.321 e. The number of likely N-dealkylation sites (tertiary alicyclic amines) is 1. The van der Waals surface area contributed by atoms with Gasteiger partial charge in [0.25, 0.3) is 0 Å². The molecule has 0 aromatic carbocycles. The van der Waals surface area contributed by atoms with Gasteiger partial charge in [0.05, 0.1) is 6.54 Å². The molecule has 1 aliphatic carbocycles. The normalized spacial score (nSPS) is 29.3. The van der Waals surface area contributed by atoms with Gasteiger partial charge < -0.3 is 10.4 Å². The van der Waals surface area contributed by atoms with Crippen molar-refractivity contribution in [1.82, 2.24) is 10.2 Å². The van der Waals surface area contributed by atoms with Gasteiger partial charge in [0.1, 0.15) is 6.04 Å². The molecule has 0 spiro atoms. The van der Waals surface area contributed by atoms with E-state index in [0.29, 0.717) is 12.6 Å². The van der Waals surface area contributed by atoms with Crippen molar-refractivity contribution in [2.24, 2.45) is 5.92 Å². The highest BCUT2D eigenvalue weighted by atomic mass is 16.4. The molecular formula is C14H24N2O3. The van der Waals surface area contributed by atoms with Crippen LogP contribution in [0.1, 0.15) is 45.4 Å². The number of carbonyl (C=O) groups is 2. The van der Waals surface area contributed by atoms with Crippen LogP contribution in [-0.2, 0) is 9.59 Å². The lowest BCUT2D eigenvalue weighted by molar-refractivity contribution is -0.147. The highest BCUT2D eigenvalue weighted by Gasteiger charge is 2.35. The summed E-state index contributed by atoms with van der Waals surface area (Å²) in [5, 5.41) is 12.3. The summed E-state index contributed by atoms with van der Waals surface area (Å²) in [7, 11) is 0. The van der Waals surface area contributed by atoms with Gasteiger partial charge in [-0.2, -0.15) is 0 Å². The van der Waals surface area contributed by atoms with Crippen LogP contribution in [0.5, 0.6) is 0 Å². The molecule has 1 aliphatic heterocycles. The van der Waals surface area contributed by atoms with Gasteiger partial charge in [0.15, 0.2) is 0 Å². The zero-order valence-electron chi connectivity index (χ0n) is 11.6. The van der Waals surface area contributed by atoms with E-state index in [9.17, 15) is 14.7 Å². The van der Waals surface area contributed by atoms with E-state index in [-0.39, 0.29) is 18.4 Å². The molecule has 2 atom stereocenters. The Hall–Kier alpha value is -1.10. The Morgan fingerprint density at radius 3 is 2.53 bits per heavy atom. The van der Waals surface area contributed by atoms with Crippen molar-refractivity contribution in [2.45, 2.75) is 57.5 Å². The van der Waals surface area contributed by atoms with Gasteiger partial charge in [-0.1, -0.05) is 19.8 Å². The quantitative estimate of drug-likeness (QED) is 0.804. The second kappa shape index (κ2) is 6.37. The van der Waals surface area contributed by atoms with Crippen molar-refractivity contribution < 1.29 is 14.7 Å². The molecule has 0 aromatic heterocycles. The summed E-state index contributed by atoms with van der Waals surface area (Å²) < 4.78 is 0. The SMILES string of the molecule is CC1CCCN(CC(=O)NC2CCCC2)C1C(=O)O. The molecule has 1 saturated carbocycles. The average Bonchev–Trinajstić information content (AvgIpc) is 2.81. The van der Waals surface area contributed by atoms with Crippen molar-refractivity contribution in [3.05, 3.63) is 0 Å². The zero-order valence-corrected chi connectivity index (χ0v) is 11.6. The number of carbonyl (C=O) groups excluding carboxylic acids is 1. The summed E-state index contributed by atoms with van der Waals surface area (Å²) in [6, 6.07) is -0.207. The van der Waals surface area contributed by atoms with Crippen LogP contribution < -0.4 is 5.32 Å². The molecule has 2 fully saturated rings. The number of carboxylic acids is 1. The van der Waals surface area contributed by atoms with Crippen molar-refractivity contribution in [3.8, 4) is 0 Å². The van der Waals surface area contributed by atoms with Gasteiger partial charge in [-0.05, 0) is 38.1 Å². The number of nitrogens with zero attached hydrogens (tertiary/aromatic N) is 1. The molecule has 5 nitrogen and oxygen atoms in total. The van der Waals surface area contributed by atoms with Crippen molar-refractivity contribution in [2.75, 3.05) is 13.1 Å². The Bertz CT molecular complexity index is 340. The molecule has 19 heavy (non-hydrogen) atoms. The Morgan fingerprint density at radius 1 is 1.21 bits per heavy atom. The van der Waals surface area contributed by atoms with Crippen LogP contribution in [0, 0.1) is 5.92 Å². The van der Waals surface area contributed by atoms with E-state index in [4.69, 9.17) is 0 Å². The molecule has 1 heterocycles. The highest BCUT2D eigenvalue weighted by Crippen LogP contribution is 2.23. The van der Waals surface area contributed by atoms with Gasteiger partial charge in [-0.3, -0.25) is 14.5 Å². The lowest BCUT2D eigenvalue weighted by Crippen LogP contribution is -2.53. The van der Waals surface area contributed by atoms with Crippen LogP contribution in [0.25, 0.3) is 0 Å². The Balaban J connectivity index is 1.88. The van der Waals surface area contributed by atoms with Crippen LogP contribution in [-0.4, -0.2) is 47.1 Å². The van der Waals surface area contributed by atoms with Crippen LogP contribution >= 0.6 is 0 Å². The van der Waals surface area contributed by atoms with E-state index < -0.39 is 12.0 Å². The minimum atomic E-state index is -0.805. The van der Waals surface area contributed by atoms with Gasteiger partial charge in [-0.25, -0.2) is 0 Å². The number of hydrogen-bond donors (Lipinski definition) is 2. The van der Waals surface area contributed by atoms with Gasteiger partial charge in [0.2, 0.25) is 5.91 Å². The minimum Gasteiger partial charge on any atom is -0.480 e. The molecule has 0 bridgehead atoms. The largest absolute Gasteiger partial charge is 0.480 e. The van der Waals surface area contributed by atoms with Gasteiger partial charge >= 0.3 is 5.97 Å². The molecule has 0 aromatic rings. The molecule has 1 saturated heterocycles. The van der Waals surface area contributed by atoms with Crippen molar-refractivity contribution in [3.63, 3.8) is 0 Å². The molecule has 0 radical (unpaired) electrons. The second-order valence-corrected chi connectivity index (χ2v) is 5.92. The van der Waals surface area contributed by atoms with E-state index in [2.05, 4.69) is 5.32 Å². The number of rotatable bonds is 4. The molecule has 2 N–H and O–H groups in total. The molecule has 2 rings (SSSR count). The van der Waals surface area contributed by atoms with Crippen molar-refractivity contribution >= 4 is 11.9 Å². The fraction of sp³-hybridized carbons (Fsp3) is 0.857. The van der Waals surface area contributed by atoms with Gasteiger partial charge in [0, 0.05) is 6.04 Å². The van der Waals surface area contributed by atoms with Gasteiger partial charge in [-0.15, -0.1) is 0 Å². The second-order valence-electron chi connectivity index (χ2n) is 5.92.